The second-order valence-electron chi connectivity index (χ2n) is 6.15. The molecule has 3 rings (SSSR count). The molecule has 0 aliphatic carbocycles. The summed E-state index contributed by atoms with van der Waals surface area (Å²) in [4.78, 5) is 19.2. The van der Waals surface area contributed by atoms with Crippen molar-refractivity contribution in [2.45, 2.75) is 32.2 Å². The lowest BCUT2D eigenvalue weighted by atomic mass is 10.0. The Morgan fingerprint density at radius 2 is 2.25 bits per heavy atom. The molecular formula is C19H24N2O2S. The lowest BCUT2D eigenvalue weighted by molar-refractivity contribution is -0.181. The third-order valence-electron chi connectivity index (χ3n) is 4.17. The molecule has 1 aliphatic heterocycles. The van der Waals surface area contributed by atoms with Crippen molar-refractivity contribution in [3.63, 3.8) is 0 Å². The third kappa shape index (κ3) is 4.66. The van der Waals surface area contributed by atoms with Gasteiger partial charge in [-0.3, -0.25) is 9.63 Å². The first-order valence-electron chi connectivity index (χ1n) is 8.49. The van der Waals surface area contributed by atoms with Crippen LogP contribution in [0.5, 0.6) is 0 Å². The van der Waals surface area contributed by atoms with Crippen LogP contribution in [0.4, 0.5) is 0 Å². The van der Waals surface area contributed by atoms with Gasteiger partial charge in [0.05, 0.1) is 12.6 Å². The van der Waals surface area contributed by atoms with Crippen molar-refractivity contribution >= 4 is 17.2 Å². The van der Waals surface area contributed by atoms with Gasteiger partial charge in [0.2, 0.25) is 5.91 Å². The number of hydrogen-bond acceptors (Lipinski definition) is 4. The van der Waals surface area contributed by atoms with Crippen LogP contribution in [0.25, 0.3) is 0 Å². The minimum atomic E-state index is -0.0836. The number of carbonyl (C=O) groups is 1. The molecule has 1 atom stereocenters. The summed E-state index contributed by atoms with van der Waals surface area (Å²) in [5, 5.41) is 7.15. The molecule has 5 heteroatoms. The van der Waals surface area contributed by atoms with Crippen LogP contribution < -0.4 is 5.32 Å². The predicted molar refractivity (Wildman–Crippen MR) is 96.9 cm³/mol. The number of thiophene rings is 1. The van der Waals surface area contributed by atoms with E-state index in [1.807, 2.05) is 22.6 Å². The minimum Gasteiger partial charge on any atom is -0.344 e. The molecule has 0 saturated carbocycles. The lowest BCUT2D eigenvalue weighted by Crippen LogP contribution is -2.35. The number of carbonyl (C=O) groups excluding carboxylic acids is 1. The molecule has 1 saturated heterocycles. The van der Waals surface area contributed by atoms with E-state index < -0.39 is 0 Å². The van der Waals surface area contributed by atoms with Gasteiger partial charge in [0.15, 0.2) is 0 Å². The van der Waals surface area contributed by atoms with E-state index in [0.717, 1.165) is 36.4 Å². The van der Waals surface area contributed by atoms with Crippen LogP contribution in [0.2, 0.25) is 0 Å². The van der Waals surface area contributed by atoms with E-state index in [1.54, 1.807) is 11.3 Å². The van der Waals surface area contributed by atoms with Gasteiger partial charge in [-0.05, 0) is 36.8 Å². The maximum atomic E-state index is 12.5. The first-order chi connectivity index (χ1) is 11.7. The van der Waals surface area contributed by atoms with Crippen LogP contribution in [-0.2, 0) is 9.63 Å². The average Bonchev–Trinajstić information content (AvgIpc) is 3.13. The summed E-state index contributed by atoms with van der Waals surface area (Å²) in [6.45, 7) is 4.41. The Morgan fingerprint density at radius 3 is 2.96 bits per heavy atom. The molecule has 2 heterocycles. The van der Waals surface area contributed by atoms with Gasteiger partial charge in [-0.25, -0.2) is 0 Å². The monoisotopic (exact) mass is 344 g/mol. The molecular weight excluding hydrogens is 320 g/mol. The molecule has 0 radical (unpaired) electrons. The summed E-state index contributed by atoms with van der Waals surface area (Å²) < 4.78 is 0. The smallest absolute Gasteiger partial charge is 0.222 e. The zero-order valence-corrected chi connectivity index (χ0v) is 14.8. The largest absolute Gasteiger partial charge is 0.344 e. The number of benzene rings is 1. The summed E-state index contributed by atoms with van der Waals surface area (Å²) in [6, 6.07) is 12.3. The summed E-state index contributed by atoms with van der Waals surface area (Å²) in [7, 11) is 0. The van der Waals surface area contributed by atoms with Crippen LogP contribution in [0.3, 0.4) is 0 Å². The van der Waals surface area contributed by atoms with Gasteiger partial charge in [0, 0.05) is 24.4 Å². The quantitative estimate of drug-likeness (QED) is 0.869. The van der Waals surface area contributed by atoms with Crippen molar-refractivity contribution in [1.29, 1.82) is 0 Å². The molecule has 0 spiro atoms. The zero-order chi connectivity index (χ0) is 16.8. The zero-order valence-electron chi connectivity index (χ0n) is 14.0. The van der Waals surface area contributed by atoms with Gasteiger partial charge in [-0.15, -0.1) is 11.3 Å². The van der Waals surface area contributed by atoms with Crippen molar-refractivity contribution in [3.05, 3.63) is 57.8 Å². The van der Waals surface area contributed by atoms with E-state index in [9.17, 15) is 4.79 Å². The fourth-order valence-electron chi connectivity index (χ4n) is 2.91. The van der Waals surface area contributed by atoms with E-state index in [4.69, 9.17) is 4.84 Å². The maximum absolute atomic E-state index is 12.5. The summed E-state index contributed by atoms with van der Waals surface area (Å²) >= 11 is 1.67. The Morgan fingerprint density at radius 1 is 1.33 bits per heavy atom. The second-order valence-corrected chi connectivity index (χ2v) is 7.13. The number of aryl methyl sites for hydroxylation is 1. The SMILES string of the molecule is Cc1cccc(C(NC(=O)CCN2CCCCO2)c2cccs2)c1. The van der Waals surface area contributed by atoms with Gasteiger partial charge >= 0.3 is 0 Å². The summed E-state index contributed by atoms with van der Waals surface area (Å²) in [6.07, 6.45) is 2.70. The highest BCUT2D eigenvalue weighted by molar-refractivity contribution is 7.10. The molecule has 1 aromatic heterocycles. The van der Waals surface area contributed by atoms with Crippen LogP contribution in [-0.4, -0.2) is 30.7 Å². The topological polar surface area (TPSA) is 41.6 Å². The molecule has 24 heavy (non-hydrogen) atoms. The van der Waals surface area contributed by atoms with E-state index in [2.05, 4.69) is 36.5 Å². The van der Waals surface area contributed by atoms with Crippen LogP contribution >= 0.6 is 11.3 Å². The van der Waals surface area contributed by atoms with Gasteiger partial charge in [-0.2, -0.15) is 5.06 Å². The number of hydrogen-bond donors (Lipinski definition) is 1. The van der Waals surface area contributed by atoms with E-state index in [1.165, 1.54) is 5.56 Å². The number of hydroxylamine groups is 2. The molecule has 0 bridgehead atoms. The van der Waals surface area contributed by atoms with Crippen LogP contribution in [0, 0.1) is 6.92 Å². The Kier molecular flexibility index (Phi) is 6.01. The predicted octanol–water partition coefficient (Wildman–Crippen LogP) is 3.68. The highest BCUT2D eigenvalue weighted by Gasteiger charge is 2.19. The highest BCUT2D eigenvalue weighted by atomic mass is 32.1. The summed E-state index contributed by atoms with van der Waals surface area (Å²) in [5.41, 5.74) is 2.32. The minimum absolute atomic E-state index is 0.0593. The van der Waals surface area contributed by atoms with Crippen molar-refractivity contribution in [3.8, 4) is 0 Å². The standard InChI is InChI=1S/C19H24N2O2S/c1-15-6-4-7-16(14-15)19(17-8-5-13-24-17)20-18(22)9-11-21-10-2-3-12-23-21/h4-8,13-14,19H,2-3,9-12H2,1H3,(H,20,22). The maximum Gasteiger partial charge on any atom is 0.222 e. The van der Waals surface area contributed by atoms with E-state index in [0.29, 0.717) is 13.0 Å². The van der Waals surface area contributed by atoms with Gasteiger partial charge in [0.25, 0.3) is 0 Å². The van der Waals surface area contributed by atoms with Crippen molar-refractivity contribution in [2.75, 3.05) is 19.7 Å². The molecule has 1 aliphatic rings. The summed E-state index contributed by atoms with van der Waals surface area (Å²) in [5.74, 6) is 0.0593. The van der Waals surface area contributed by atoms with Crippen LogP contribution in [0.15, 0.2) is 41.8 Å². The van der Waals surface area contributed by atoms with Crippen molar-refractivity contribution in [1.82, 2.24) is 10.4 Å². The molecule has 1 fully saturated rings. The molecule has 128 valence electrons. The Hall–Kier alpha value is -1.69. The van der Waals surface area contributed by atoms with Crippen molar-refractivity contribution < 1.29 is 9.63 Å². The molecule has 1 N–H and O–H groups in total. The fourth-order valence-corrected chi connectivity index (χ4v) is 3.71. The van der Waals surface area contributed by atoms with Gasteiger partial charge in [-0.1, -0.05) is 35.9 Å². The Balaban J connectivity index is 1.64. The van der Waals surface area contributed by atoms with Gasteiger partial charge in [0.1, 0.15) is 0 Å². The average molecular weight is 344 g/mol. The number of rotatable bonds is 6. The molecule has 1 aromatic carbocycles. The second kappa shape index (κ2) is 8.42. The van der Waals surface area contributed by atoms with E-state index >= 15 is 0 Å². The third-order valence-corrected chi connectivity index (χ3v) is 5.11. The number of nitrogens with zero attached hydrogens (tertiary/aromatic N) is 1. The number of amides is 1. The molecule has 4 nitrogen and oxygen atoms in total. The van der Waals surface area contributed by atoms with Crippen LogP contribution in [0.1, 0.15) is 41.3 Å². The molecule has 2 aromatic rings. The van der Waals surface area contributed by atoms with Gasteiger partial charge < -0.3 is 5.32 Å². The number of nitrogens with one attached hydrogen (secondary N) is 1. The first-order valence-corrected chi connectivity index (χ1v) is 9.37. The molecule has 1 unspecified atom stereocenters. The van der Waals surface area contributed by atoms with E-state index in [-0.39, 0.29) is 11.9 Å². The first kappa shape index (κ1) is 17.1. The Bertz CT molecular complexity index is 651. The normalized spacial score (nSPS) is 16.7. The molecule has 1 amide bonds. The fraction of sp³-hybridized carbons (Fsp3) is 0.421. The lowest BCUT2D eigenvalue weighted by Gasteiger charge is -2.26. The van der Waals surface area contributed by atoms with Crippen molar-refractivity contribution in [2.24, 2.45) is 0 Å². The highest BCUT2D eigenvalue weighted by Crippen LogP contribution is 2.26. The Labute approximate surface area is 147 Å².